The van der Waals surface area contributed by atoms with Crippen molar-refractivity contribution in [3.8, 4) is 0 Å². The van der Waals surface area contributed by atoms with Gasteiger partial charge in [0.2, 0.25) is 0 Å². The summed E-state index contributed by atoms with van der Waals surface area (Å²) in [5.74, 6) is -0.416. The van der Waals surface area contributed by atoms with Crippen LogP contribution in [0.25, 0.3) is 0 Å². The van der Waals surface area contributed by atoms with E-state index < -0.39 is 0 Å². The lowest BCUT2D eigenvalue weighted by Crippen LogP contribution is -2.45. The molecule has 4 nitrogen and oxygen atoms in total. The summed E-state index contributed by atoms with van der Waals surface area (Å²) in [5, 5.41) is 0. The second-order valence-electron chi connectivity index (χ2n) is 8.33. The van der Waals surface area contributed by atoms with E-state index in [1.807, 2.05) is 0 Å². The standard InChI is InChI=1S/C19H28O4/c1-11-7-9-17(4)16(23-13(3)21)15(11)19(6)14(22-12(2)20)8-10-18(17,19)5/h14-16H,1,7-10H2,2-6H3. The Bertz CT molecular complexity index is 582. The molecule has 0 aromatic rings. The number of fused-ring (bicyclic) bond motifs is 5. The Morgan fingerprint density at radius 3 is 2.26 bits per heavy atom. The molecule has 3 aliphatic carbocycles. The highest BCUT2D eigenvalue weighted by atomic mass is 16.6. The zero-order valence-corrected chi connectivity index (χ0v) is 14.9. The van der Waals surface area contributed by atoms with Crippen LogP contribution in [0.15, 0.2) is 12.2 Å². The number of ether oxygens (including phenoxy) is 2. The molecule has 6 atom stereocenters. The lowest BCUT2D eigenvalue weighted by atomic mass is 9.58. The fourth-order valence-electron chi connectivity index (χ4n) is 6.18. The zero-order valence-electron chi connectivity index (χ0n) is 14.9. The first-order chi connectivity index (χ1) is 10.6. The summed E-state index contributed by atoms with van der Waals surface area (Å²) in [5.41, 5.74) is 0.763. The van der Waals surface area contributed by atoms with Gasteiger partial charge < -0.3 is 9.47 Å². The molecule has 0 aliphatic heterocycles. The van der Waals surface area contributed by atoms with E-state index in [4.69, 9.17) is 9.47 Å². The Labute approximate surface area is 138 Å². The third-order valence-electron chi connectivity index (χ3n) is 7.61. The molecule has 0 saturated heterocycles. The first-order valence-corrected chi connectivity index (χ1v) is 8.60. The number of hydrogen-bond acceptors (Lipinski definition) is 4. The zero-order chi connectivity index (χ0) is 17.2. The Hall–Kier alpha value is -1.32. The number of esters is 2. The van der Waals surface area contributed by atoms with Crippen molar-refractivity contribution >= 4 is 11.9 Å². The summed E-state index contributed by atoms with van der Waals surface area (Å²) in [6.45, 7) is 14.0. The summed E-state index contributed by atoms with van der Waals surface area (Å²) in [7, 11) is 0. The fraction of sp³-hybridized carbons (Fsp3) is 0.789. The molecule has 0 aromatic heterocycles. The summed E-state index contributed by atoms with van der Waals surface area (Å²) >= 11 is 0. The highest BCUT2D eigenvalue weighted by Gasteiger charge is 2.77. The molecule has 6 unspecified atom stereocenters. The van der Waals surface area contributed by atoms with Gasteiger partial charge in [-0.1, -0.05) is 32.9 Å². The molecule has 3 aliphatic rings. The number of carbonyl (C=O) groups excluding carboxylic acids is 2. The van der Waals surface area contributed by atoms with E-state index in [2.05, 4.69) is 27.4 Å². The second-order valence-corrected chi connectivity index (χ2v) is 8.33. The molecule has 23 heavy (non-hydrogen) atoms. The lowest BCUT2D eigenvalue weighted by molar-refractivity contribution is -0.160. The third-order valence-corrected chi connectivity index (χ3v) is 7.61. The summed E-state index contributed by atoms with van der Waals surface area (Å²) in [4.78, 5) is 23.3. The van der Waals surface area contributed by atoms with Crippen molar-refractivity contribution < 1.29 is 19.1 Å². The summed E-state index contributed by atoms with van der Waals surface area (Å²) < 4.78 is 11.6. The van der Waals surface area contributed by atoms with Crippen LogP contribution in [0.1, 0.15) is 60.3 Å². The van der Waals surface area contributed by atoms with Crippen LogP contribution in [-0.2, 0) is 19.1 Å². The van der Waals surface area contributed by atoms with Gasteiger partial charge >= 0.3 is 11.9 Å². The molecule has 0 radical (unpaired) electrons. The van der Waals surface area contributed by atoms with Crippen LogP contribution in [0.2, 0.25) is 0 Å². The van der Waals surface area contributed by atoms with Gasteiger partial charge in [-0.25, -0.2) is 0 Å². The summed E-state index contributed by atoms with van der Waals surface area (Å²) in [6.07, 6.45) is 3.48. The number of carbonyl (C=O) groups is 2. The van der Waals surface area contributed by atoms with E-state index in [1.54, 1.807) is 0 Å². The van der Waals surface area contributed by atoms with Crippen molar-refractivity contribution in [3.63, 3.8) is 0 Å². The monoisotopic (exact) mass is 320 g/mol. The van der Waals surface area contributed by atoms with Gasteiger partial charge in [0.1, 0.15) is 12.2 Å². The van der Waals surface area contributed by atoms with Crippen LogP contribution in [0.4, 0.5) is 0 Å². The molecule has 0 N–H and O–H groups in total. The molecule has 0 aromatic carbocycles. The van der Waals surface area contributed by atoms with Crippen molar-refractivity contribution in [3.05, 3.63) is 12.2 Å². The molecule has 4 heteroatoms. The third kappa shape index (κ3) is 1.84. The van der Waals surface area contributed by atoms with Crippen LogP contribution >= 0.6 is 0 Å². The average molecular weight is 320 g/mol. The van der Waals surface area contributed by atoms with E-state index in [0.717, 1.165) is 31.3 Å². The number of rotatable bonds is 2. The van der Waals surface area contributed by atoms with Crippen LogP contribution in [0.5, 0.6) is 0 Å². The minimum Gasteiger partial charge on any atom is -0.462 e. The average Bonchev–Trinajstić information content (AvgIpc) is 2.73. The van der Waals surface area contributed by atoms with Crippen molar-refractivity contribution in [1.82, 2.24) is 0 Å². The summed E-state index contributed by atoms with van der Waals surface area (Å²) in [6, 6.07) is 0. The van der Waals surface area contributed by atoms with Crippen LogP contribution in [0, 0.1) is 22.2 Å². The first-order valence-electron chi connectivity index (χ1n) is 8.60. The largest absolute Gasteiger partial charge is 0.462 e. The SMILES string of the molecule is C=C1CCC2(C)C(OC(C)=O)C1C1(C)C(OC(C)=O)CCC21C. The van der Waals surface area contributed by atoms with Gasteiger partial charge in [-0.15, -0.1) is 0 Å². The van der Waals surface area contributed by atoms with Gasteiger partial charge in [0, 0.05) is 30.6 Å². The van der Waals surface area contributed by atoms with Crippen LogP contribution in [-0.4, -0.2) is 24.1 Å². The van der Waals surface area contributed by atoms with Gasteiger partial charge in [0.15, 0.2) is 0 Å². The van der Waals surface area contributed by atoms with E-state index in [9.17, 15) is 9.59 Å². The predicted octanol–water partition coefficient (Wildman–Crippen LogP) is 3.64. The predicted molar refractivity (Wildman–Crippen MR) is 86.5 cm³/mol. The maximum Gasteiger partial charge on any atom is 0.302 e. The Morgan fingerprint density at radius 2 is 1.70 bits per heavy atom. The highest BCUT2D eigenvalue weighted by Crippen LogP contribution is 2.77. The molecule has 0 heterocycles. The van der Waals surface area contributed by atoms with Gasteiger partial charge in [-0.3, -0.25) is 9.59 Å². The second kappa shape index (κ2) is 4.84. The van der Waals surface area contributed by atoms with E-state index >= 15 is 0 Å². The molecular weight excluding hydrogens is 292 g/mol. The maximum atomic E-state index is 11.7. The Balaban J connectivity index is 2.13. The molecule has 0 amide bonds. The fourth-order valence-corrected chi connectivity index (χ4v) is 6.18. The van der Waals surface area contributed by atoms with Crippen LogP contribution < -0.4 is 0 Å². The maximum absolute atomic E-state index is 11.7. The number of hydrogen-bond donors (Lipinski definition) is 0. The van der Waals surface area contributed by atoms with E-state index in [0.29, 0.717) is 0 Å². The molecule has 3 saturated carbocycles. The van der Waals surface area contributed by atoms with Gasteiger partial charge in [0.05, 0.1) is 0 Å². The van der Waals surface area contributed by atoms with Gasteiger partial charge in [0.25, 0.3) is 0 Å². The quantitative estimate of drug-likeness (QED) is 0.576. The molecular formula is C19H28O4. The molecule has 3 fully saturated rings. The highest BCUT2D eigenvalue weighted by molar-refractivity contribution is 5.67. The normalized spacial score (nSPS) is 48.0. The molecule has 128 valence electrons. The van der Waals surface area contributed by atoms with E-state index in [-0.39, 0.29) is 46.3 Å². The van der Waals surface area contributed by atoms with Gasteiger partial charge in [-0.05, 0) is 31.1 Å². The minimum atomic E-state index is -0.239. The Morgan fingerprint density at radius 1 is 1.09 bits per heavy atom. The topological polar surface area (TPSA) is 52.6 Å². The van der Waals surface area contributed by atoms with Crippen molar-refractivity contribution in [2.75, 3.05) is 0 Å². The minimum absolute atomic E-state index is 0.0374. The van der Waals surface area contributed by atoms with Crippen molar-refractivity contribution in [1.29, 1.82) is 0 Å². The van der Waals surface area contributed by atoms with Crippen molar-refractivity contribution in [2.45, 2.75) is 72.5 Å². The van der Waals surface area contributed by atoms with Crippen molar-refractivity contribution in [2.24, 2.45) is 22.2 Å². The lowest BCUT2D eigenvalue weighted by Gasteiger charge is -2.46. The smallest absolute Gasteiger partial charge is 0.302 e. The molecule has 0 spiro atoms. The Kier molecular flexibility index (Phi) is 3.48. The molecule has 2 bridgehead atoms. The van der Waals surface area contributed by atoms with Gasteiger partial charge in [-0.2, -0.15) is 0 Å². The van der Waals surface area contributed by atoms with Crippen LogP contribution in [0.3, 0.4) is 0 Å². The first kappa shape index (κ1) is 16.5. The van der Waals surface area contributed by atoms with E-state index in [1.165, 1.54) is 13.8 Å². The molecule has 3 rings (SSSR count).